The predicted molar refractivity (Wildman–Crippen MR) is 374 cm³/mol. The van der Waals surface area contributed by atoms with Crippen molar-refractivity contribution in [3.63, 3.8) is 0 Å². The van der Waals surface area contributed by atoms with E-state index in [0.717, 1.165) is 110 Å². The number of hydrogen-bond donors (Lipinski definition) is 8. The van der Waals surface area contributed by atoms with Gasteiger partial charge in [0.15, 0.2) is 0 Å². The minimum Gasteiger partial charge on any atom is -0.469 e. The van der Waals surface area contributed by atoms with E-state index < -0.39 is 0 Å². The Hall–Kier alpha value is -4.31. The molecule has 5 fully saturated rings. The van der Waals surface area contributed by atoms with Gasteiger partial charge in [-0.25, -0.2) is 0 Å². The molecule has 5 rings (SSSR count). The number of amides is 4. The van der Waals surface area contributed by atoms with Crippen LogP contribution in [0.5, 0.6) is 0 Å². The van der Waals surface area contributed by atoms with Gasteiger partial charge in [0.2, 0.25) is 23.6 Å². The van der Waals surface area contributed by atoms with Crippen LogP contribution in [0.15, 0.2) is 60.8 Å². The molecule has 5 heterocycles. The Labute approximate surface area is 558 Å². The van der Waals surface area contributed by atoms with Crippen LogP contribution in [0.4, 0.5) is 0 Å². The van der Waals surface area contributed by atoms with Gasteiger partial charge in [0.1, 0.15) is 0 Å². The topological polar surface area (TPSA) is 309 Å². The molecular weight excluding hydrogens is 1160 g/mol. The highest BCUT2D eigenvalue weighted by Crippen LogP contribution is 2.34. The Morgan fingerprint density at radius 3 is 0.728 bits per heavy atom. The molecule has 0 aromatic heterocycles. The van der Waals surface area contributed by atoms with Crippen LogP contribution in [0.25, 0.3) is 0 Å². The number of epoxide rings is 5. The highest BCUT2D eigenvalue weighted by Gasteiger charge is 2.39. The Morgan fingerprint density at radius 2 is 0.522 bits per heavy atom. The summed E-state index contributed by atoms with van der Waals surface area (Å²) in [4.78, 5) is 58.1. The van der Waals surface area contributed by atoms with Crippen molar-refractivity contribution in [3.8, 4) is 0 Å². The van der Waals surface area contributed by atoms with Crippen LogP contribution in [-0.4, -0.2) is 137 Å². The smallest absolute Gasteiger partial charge is 0.309 e. The Kier molecular flexibility index (Phi) is 56.2. The second-order valence-corrected chi connectivity index (χ2v) is 24.7. The average molecular weight is 1300 g/mol. The molecular formula is C73H134N8O11. The van der Waals surface area contributed by atoms with Gasteiger partial charge in [0.25, 0.3) is 0 Å². The van der Waals surface area contributed by atoms with Crippen molar-refractivity contribution >= 4 is 29.6 Å². The van der Waals surface area contributed by atoms with E-state index in [4.69, 9.17) is 46.6 Å². The molecule has 5 aliphatic rings. The van der Waals surface area contributed by atoms with Gasteiger partial charge in [0, 0.05) is 25.7 Å². The summed E-state index contributed by atoms with van der Waals surface area (Å²) in [7, 11) is 1.41. The third kappa shape index (κ3) is 53.0. The minimum atomic E-state index is -0.188. The van der Waals surface area contributed by atoms with Crippen molar-refractivity contribution in [3.05, 3.63) is 60.8 Å². The molecule has 12 N–H and O–H groups in total. The number of nitrogens with two attached hydrogens (primary N) is 4. The SMILES string of the molecule is CCCCCC1OC1C/C=C/CC(=O)NCNC(=O)C/C=C/CC1OC1CCCCC.CCCCCC1OC1C/C=C/CC(=O)NCNC(=O)C/C=C/CC1OC1CCCCC.CCCCCC1OC1C/C=C/CC(=O)OC.NCCCCCCN.NCCCCN. The van der Waals surface area contributed by atoms with Gasteiger partial charge in [-0.05, 0) is 116 Å². The summed E-state index contributed by atoms with van der Waals surface area (Å²) in [6.45, 7) is 14.6. The maximum Gasteiger partial charge on any atom is 0.309 e. The molecule has 0 bridgehead atoms. The van der Waals surface area contributed by atoms with Crippen LogP contribution < -0.4 is 44.2 Å². The van der Waals surface area contributed by atoms with Crippen molar-refractivity contribution in [1.82, 2.24) is 21.3 Å². The van der Waals surface area contributed by atoms with E-state index in [2.05, 4.69) is 60.6 Å². The highest BCUT2D eigenvalue weighted by atomic mass is 16.6. The third-order valence-electron chi connectivity index (χ3n) is 16.3. The summed E-state index contributed by atoms with van der Waals surface area (Å²) in [6, 6.07) is 0. The lowest BCUT2D eigenvalue weighted by Gasteiger charge is -2.05. The molecule has 92 heavy (non-hydrogen) atoms. The number of unbranched alkanes of at least 4 members (excludes halogenated alkanes) is 14. The van der Waals surface area contributed by atoms with Crippen molar-refractivity contribution < 1.29 is 52.4 Å². The van der Waals surface area contributed by atoms with E-state index in [1.54, 1.807) is 0 Å². The zero-order valence-corrected chi connectivity index (χ0v) is 58.5. The minimum absolute atomic E-state index is 0.0942. The molecule has 0 radical (unpaired) electrons. The lowest BCUT2D eigenvalue weighted by molar-refractivity contribution is -0.139. The van der Waals surface area contributed by atoms with Gasteiger partial charge in [0.05, 0.1) is 87.9 Å². The maximum atomic E-state index is 11.8. The van der Waals surface area contributed by atoms with Crippen molar-refractivity contribution in [2.75, 3.05) is 46.6 Å². The molecule has 5 saturated heterocycles. The number of esters is 1. The van der Waals surface area contributed by atoms with E-state index in [9.17, 15) is 24.0 Å². The number of methoxy groups -OCH3 is 1. The normalized spacial score (nSPS) is 22.1. The van der Waals surface area contributed by atoms with Gasteiger partial charge in [-0.2, -0.15) is 0 Å². The molecule has 4 amide bonds. The zero-order chi connectivity index (χ0) is 67.5. The Morgan fingerprint density at radius 1 is 0.304 bits per heavy atom. The van der Waals surface area contributed by atoms with Gasteiger partial charge in [-0.1, -0.05) is 205 Å². The summed E-state index contributed by atoms with van der Waals surface area (Å²) in [5, 5.41) is 10.8. The van der Waals surface area contributed by atoms with E-state index in [0.29, 0.717) is 93.1 Å². The average Bonchev–Trinajstić information content (AvgIpc) is 1.89. The number of nitrogens with one attached hydrogen (secondary N) is 4. The number of carbonyl (C=O) groups is 5. The van der Waals surface area contributed by atoms with Crippen LogP contribution in [0, 0.1) is 0 Å². The van der Waals surface area contributed by atoms with E-state index in [1.807, 2.05) is 60.8 Å². The first-order valence-electron chi connectivity index (χ1n) is 36.3. The summed E-state index contributed by atoms with van der Waals surface area (Å²) >= 11 is 0. The Balaban J connectivity index is 0.000000645. The van der Waals surface area contributed by atoms with Crippen LogP contribution in [0.2, 0.25) is 0 Å². The van der Waals surface area contributed by atoms with Gasteiger partial charge >= 0.3 is 5.97 Å². The van der Waals surface area contributed by atoms with Crippen molar-refractivity contribution in [2.45, 2.75) is 327 Å². The van der Waals surface area contributed by atoms with Crippen LogP contribution >= 0.6 is 0 Å². The summed E-state index contributed by atoms with van der Waals surface area (Å²) in [5.41, 5.74) is 20.9. The second kappa shape index (κ2) is 60.4. The Bertz CT molecular complexity index is 1780. The molecule has 0 aliphatic carbocycles. The van der Waals surface area contributed by atoms with Gasteiger partial charge < -0.3 is 72.6 Å². The van der Waals surface area contributed by atoms with Crippen molar-refractivity contribution in [1.29, 1.82) is 0 Å². The largest absolute Gasteiger partial charge is 0.469 e. The number of carbonyl (C=O) groups excluding carboxylic acids is 5. The lowest BCUT2D eigenvalue weighted by atomic mass is 10.1. The molecule has 0 saturated carbocycles. The van der Waals surface area contributed by atoms with E-state index in [1.165, 1.54) is 123 Å². The number of rotatable bonds is 52. The molecule has 532 valence electrons. The van der Waals surface area contributed by atoms with Gasteiger partial charge in [-0.3, -0.25) is 24.0 Å². The first kappa shape index (κ1) is 85.7. The maximum absolute atomic E-state index is 11.8. The van der Waals surface area contributed by atoms with Crippen LogP contribution in [0.3, 0.4) is 0 Å². The number of ether oxygens (including phenoxy) is 6. The standard InChI is InChI=1S/2C25H42N2O4.C13H22O3.C6H16N2.C4H12N2/c2*1-3-5-7-13-20-22(30-20)15-9-11-17-24(28)26-19-27-25(29)18-12-10-16-23-21(31-23)14-8-6-4-2;1-3-4-5-8-11-12(16-11)9-6-7-10-13(14)15-2;7-5-3-1-2-4-6-8;5-3-1-2-4-6/h2*9-12,20-23H,3-8,13-19H2,1-2H3,(H,26,28)(H,27,29);6-7,11-12H,3-5,8-10H2,1-2H3;1-8H2;1-6H2/b2*11-9+,12-10+;7-6+;;. The van der Waals surface area contributed by atoms with Crippen LogP contribution in [-0.2, 0) is 52.4 Å². The molecule has 0 spiro atoms. The van der Waals surface area contributed by atoms with E-state index in [-0.39, 0.29) is 42.9 Å². The summed E-state index contributed by atoms with van der Waals surface area (Å²) in [5.74, 6) is -0.564. The fourth-order valence-electron chi connectivity index (χ4n) is 10.1. The molecule has 10 atom stereocenters. The molecule has 0 aromatic carbocycles. The van der Waals surface area contributed by atoms with E-state index >= 15 is 0 Å². The predicted octanol–water partition coefficient (Wildman–Crippen LogP) is 12.1. The first-order chi connectivity index (χ1) is 44.9. The first-order valence-corrected chi connectivity index (χ1v) is 36.3. The number of hydrogen-bond acceptors (Lipinski definition) is 15. The molecule has 5 aliphatic heterocycles. The lowest BCUT2D eigenvalue weighted by Crippen LogP contribution is -2.36. The molecule has 0 aromatic rings. The quantitative estimate of drug-likeness (QED) is 0.00923. The van der Waals surface area contributed by atoms with Crippen molar-refractivity contribution in [2.24, 2.45) is 22.9 Å². The highest BCUT2D eigenvalue weighted by molar-refractivity contribution is 5.80. The molecule has 19 nitrogen and oxygen atoms in total. The summed E-state index contributed by atoms with van der Waals surface area (Å²) in [6.07, 6.45) is 60.9. The summed E-state index contributed by atoms with van der Waals surface area (Å²) < 4.78 is 32.6. The molecule has 10 unspecified atom stereocenters. The second-order valence-electron chi connectivity index (χ2n) is 24.7. The monoisotopic (exact) mass is 1300 g/mol. The molecule has 19 heteroatoms. The van der Waals surface area contributed by atoms with Gasteiger partial charge in [-0.15, -0.1) is 0 Å². The van der Waals surface area contributed by atoms with Crippen LogP contribution in [0.1, 0.15) is 266 Å². The fourth-order valence-corrected chi connectivity index (χ4v) is 10.1. The third-order valence-corrected chi connectivity index (χ3v) is 16.3. The zero-order valence-electron chi connectivity index (χ0n) is 58.5. The fraction of sp³-hybridized carbons (Fsp3) is 0.795.